The molecule has 0 saturated heterocycles. The zero-order valence-corrected chi connectivity index (χ0v) is 13.7. The molecule has 2 rings (SSSR count). The van der Waals surface area contributed by atoms with Gasteiger partial charge in [0, 0.05) is 5.69 Å². The van der Waals surface area contributed by atoms with Crippen LogP contribution < -0.4 is 5.32 Å². The van der Waals surface area contributed by atoms with E-state index < -0.39 is 0 Å². The zero-order valence-electron chi connectivity index (χ0n) is 13.7. The molecule has 0 amide bonds. The second-order valence-corrected chi connectivity index (χ2v) is 6.25. The van der Waals surface area contributed by atoms with Crippen LogP contribution in [-0.2, 0) is 13.0 Å². The van der Waals surface area contributed by atoms with Crippen LogP contribution in [0.25, 0.3) is 0 Å². The molecule has 3 heteroatoms. The van der Waals surface area contributed by atoms with E-state index in [-0.39, 0.29) is 0 Å². The highest BCUT2D eigenvalue weighted by Gasteiger charge is 2.02. The smallest absolute Gasteiger partial charge is 0.0662 e. The van der Waals surface area contributed by atoms with Crippen LogP contribution in [0.1, 0.15) is 36.4 Å². The lowest BCUT2D eigenvalue weighted by Crippen LogP contribution is -2.22. The molecule has 0 aliphatic rings. The Morgan fingerprint density at radius 3 is 2.33 bits per heavy atom. The van der Waals surface area contributed by atoms with Gasteiger partial charge in [-0.05, 0) is 56.5 Å². The molecule has 0 aliphatic carbocycles. The Hall–Kier alpha value is -1.61. The minimum atomic E-state index is 0.716. The summed E-state index contributed by atoms with van der Waals surface area (Å²) in [6, 6.07) is 11.0. The van der Waals surface area contributed by atoms with Crippen molar-refractivity contribution in [3.05, 3.63) is 52.8 Å². The van der Waals surface area contributed by atoms with E-state index in [1.165, 1.54) is 16.8 Å². The Bertz CT molecular complexity index is 552. The Morgan fingerprint density at radius 2 is 1.76 bits per heavy atom. The van der Waals surface area contributed by atoms with Gasteiger partial charge in [0.05, 0.1) is 12.2 Å². The number of nitrogens with one attached hydrogen (secondary N) is 1. The van der Waals surface area contributed by atoms with Gasteiger partial charge >= 0.3 is 0 Å². The van der Waals surface area contributed by atoms with Crippen LogP contribution in [0.15, 0.2) is 30.3 Å². The van der Waals surface area contributed by atoms with Crippen molar-refractivity contribution >= 4 is 0 Å². The van der Waals surface area contributed by atoms with Crippen molar-refractivity contribution in [3.63, 3.8) is 0 Å². The van der Waals surface area contributed by atoms with Gasteiger partial charge in [0.2, 0.25) is 0 Å². The van der Waals surface area contributed by atoms with Crippen LogP contribution >= 0.6 is 0 Å². The molecule has 0 aliphatic heterocycles. The summed E-state index contributed by atoms with van der Waals surface area (Å²) < 4.78 is 2.06. The fraction of sp³-hybridized carbons (Fsp3) is 0.500. The van der Waals surface area contributed by atoms with Crippen LogP contribution in [0.2, 0.25) is 0 Å². The molecular weight excluding hydrogens is 258 g/mol. The molecule has 21 heavy (non-hydrogen) atoms. The third-order valence-corrected chi connectivity index (χ3v) is 3.60. The Balaban J connectivity index is 1.85. The average molecular weight is 285 g/mol. The standard InChI is InChI=1S/C18H27N3/c1-14(2)12-19-10-9-17-5-7-18(8-6-17)13-21-16(4)11-15(3)20-21/h5-8,11,14,19H,9-10,12-13H2,1-4H3. The summed E-state index contributed by atoms with van der Waals surface area (Å²) in [7, 11) is 0. The number of hydrogen-bond donors (Lipinski definition) is 1. The normalized spacial score (nSPS) is 11.3. The third kappa shape index (κ3) is 5.01. The van der Waals surface area contributed by atoms with E-state index >= 15 is 0 Å². The summed E-state index contributed by atoms with van der Waals surface area (Å²) in [6.07, 6.45) is 1.09. The van der Waals surface area contributed by atoms with E-state index in [0.717, 1.165) is 31.7 Å². The Morgan fingerprint density at radius 1 is 1.10 bits per heavy atom. The number of benzene rings is 1. The van der Waals surface area contributed by atoms with Gasteiger partial charge < -0.3 is 5.32 Å². The van der Waals surface area contributed by atoms with E-state index in [0.29, 0.717) is 5.92 Å². The molecular formula is C18H27N3. The number of nitrogens with zero attached hydrogens (tertiary/aromatic N) is 2. The van der Waals surface area contributed by atoms with Gasteiger partial charge in [-0.2, -0.15) is 5.10 Å². The summed E-state index contributed by atoms with van der Waals surface area (Å²) in [5.41, 5.74) is 5.00. The molecule has 0 unspecified atom stereocenters. The quantitative estimate of drug-likeness (QED) is 0.791. The second-order valence-electron chi connectivity index (χ2n) is 6.25. The van der Waals surface area contributed by atoms with E-state index in [2.05, 4.69) is 66.2 Å². The summed E-state index contributed by atoms with van der Waals surface area (Å²) in [5.74, 6) is 0.716. The van der Waals surface area contributed by atoms with Crippen LogP contribution in [0, 0.1) is 19.8 Å². The molecule has 0 radical (unpaired) electrons. The maximum absolute atomic E-state index is 4.51. The Kier molecular flexibility index (Phi) is 5.57. The fourth-order valence-corrected chi connectivity index (χ4v) is 2.44. The van der Waals surface area contributed by atoms with Crippen molar-refractivity contribution < 1.29 is 0 Å². The SMILES string of the molecule is Cc1cc(C)n(Cc2ccc(CCNCC(C)C)cc2)n1. The lowest BCUT2D eigenvalue weighted by Gasteiger charge is -2.08. The Labute approximate surface area is 128 Å². The van der Waals surface area contributed by atoms with Crippen molar-refractivity contribution in [2.24, 2.45) is 5.92 Å². The van der Waals surface area contributed by atoms with Crippen LogP contribution in [-0.4, -0.2) is 22.9 Å². The van der Waals surface area contributed by atoms with Crippen molar-refractivity contribution in [2.75, 3.05) is 13.1 Å². The average Bonchev–Trinajstić information content (AvgIpc) is 2.74. The lowest BCUT2D eigenvalue weighted by atomic mass is 10.1. The monoisotopic (exact) mass is 285 g/mol. The fourth-order valence-electron chi connectivity index (χ4n) is 2.44. The molecule has 1 aromatic carbocycles. The highest BCUT2D eigenvalue weighted by Crippen LogP contribution is 2.09. The van der Waals surface area contributed by atoms with Crippen molar-refractivity contribution in [2.45, 2.75) is 40.7 Å². The zero-order chi connectivity index (χ0) is 15.2. The van der Waals surface area contributed by atoms with Gasteiger partial charge in [-0.3, -0.25) is 4.68 Å². The number of aryl methyl sites for hydroxylation is 2. The summed E-state index contributed by atoms with van der Waals surface area (Å²) in [4.78, 5) is 0. The molecule has 1 aromatic heterocycles. The van der Waals surface area contributed by atoms with E-state index in [1.807, 2.05) is 6.92 Å². The predicted molar refractivity (Wildman–Crippen MR) is 88.7 cm³/mol. The topological polar surface area (TPSA) is 29.9 Å². The first kappa shape index (κ1) is 15.8. The number of hydrogen-bond acceptors (Lipinski definition) is 2. The van der Waals surface area contributed by atoms with Crippen molar-refractivity contribution in [1.29, 1.82) is 0 Å². The molecule has 0 saturated carbocycles. The maximum Gasteiger partial charge on any atom is 0.0662 e. The minimum Gasteiger partial charge on any atom is -0.316 e. The first-order chi connectivity index (χ1) is 10.0. The van der Waals surface area contributed by atoms with Gasteiger partial charge in [0.15, 0.2) is 0 Å². The summed E-state index contributed by atoms with van der Waals surface area (Å²) in [5, 5.41) is 8.00. The number of aromatic nitrogens is 2. The molecule has 0 atom stereocenters. The highest BCUT2D eigenvalue weighted by atomic mass is 15.3. The molecule has 3 nitrogen and oxygen atoms in total. The van der Waals surface area contributed by atoms with Crippen LogP contribution in [0.3, 0.4) is 0 Å². The summed E-state index contributed by atoms with van der Waals surface area (Å²) >= 11 is 0. The molecule has 2 aromatic rings. The molecule has 0 bridgehead atoms. The van der Waals surface area contributed by atoms with Crippen molar-refractivity contribution in [3.8, 4) is 0 Å². The molecule has 1 N–H and O–H groups in total. The molecule has 0 fully saturated rings. The van der Waals surface area contributed by atoms with Gasteiger partial charge in [-0.25, -0.2) is 0 Å². The second kappa shape index (κ2) is 7.41. The third-order valence-electron chi connectivity index (χ3n) is 3.60. The van der Waals surface area contributed by atoms with Crippen molar-refractivity contribution in [1.82, 2.24) is 15.1 Å². The van der Waals surface area contributed by atoms with Gasteiger partial charge in [0.25, 0.3) is 0 Å². The minimum absolute atomic E-state index is 0.716. The van der Waals surface area contributed by atoms with Crippen LogP contribution in [0.4, 0.5) is 0 Å². The van der Waals surface area contributed by atoms with Gasteiger partial charge in [-0.15, -0.1) is 0 Å². The molecule has 1 heterocycles. The van der Waals surface area contributed by atoms with E-state index in [1.54, 1.807) is 0 Å². The first-order valence-electron chi connectivity index (χ1n) is 7.84. The van der Waals surface area contributed by atoms with Gasteiger partial charge in [0.1, 0.15) is 0 Å². The van der Waals surface area contributed by atoms with E-state index in [4.69, 9.17) is 0 Å². The molecule has 114 valence electrons. The first-order valence-corrected chi connectivity index (χ1v) is 7.84. The molecule has 0 spiro atoms. The van der Waals surface area contributed by atoms with Crippen LogP contribution in [0.5, 0.6) is 0 Å². The predicted octanol–water partition coefficient (Wildman–Crippen LogP) is 3.34. The van der Waals surface area contributed by atoms with Gasteiger partial charge in [-0.1, -0.05) is 38.1 Å². The summed E-state index contributed by atoms with van der Waals surface area (Å²) in [6.45, 7) is 11.6. The largest absolute Gasteiger partial charge is 0.316 e. The lowest BCUT2D eigenvalue weighted by molar-refractivity contribution is 0.554. The maximum atomic E-state index is 4.51. The van der Waals surface area contributed by atoms with E-state index in [9.17, 15) is 0 Å². The number of rotatable bonds is 7. The highest BCUT2D eigenvalue weighted by molar-refractivity contribution is 5.23.